The zero-order valence-electron chi connectivity index (χ0n) is 11.9. The molecule has 2 aromatic rings. The molecule has 0 aliphatic carbocycles. The number of aryl methyl sites for hydroxylation is 1. The van der Waals surface area contributed by atoms with E-state index in [1.54, 1.807) is 0 Å². The van der Waals surface area contributed by atoms with Crippen molar-refractivity contribution in [2.45, 2.75) is 31.2 Å². The molecule has 0 saturated heterocycles. The SMILES string of the molecule is Cc1cc(-c2ccc3c(c2)[CH]C(Br)C(C)(C)O3)ccn1. The highest BCUT2D eigenvalue weighted by molar-refractivity contribution is 9.09. The third-order valence-electron chi connectivity index (χ3n) is 3.60. The number of benzene rings is 1. The van der Waals surface area contributed by atoms with E-state index in [0.717, 1.165) is 17.0 Å². The van der Waals surface area contributed by atoms with Gasteiger partial charge in [-0.2, -0.15) is 0 Å². The maximum atomic E-state index is 6.06. The second kappa shape index (κ2) is 4.88. The van der Waals surface area contributed by atoms with Gasteiger partial charge in [0, 0.05) is 18.3 Å². The van der Waals surface area contributed by atoms with Crippen molar-refractivity contribution in [3.05, 3.63) is 54.2 Å². The number of halogens is 1. The Bertz CT molecular complexity index is 651. The molecule has 20 heavy (non-hydrogen) atoms. The van der Waals surface area contributed by atoms with Crippen LogP contribution in [-0.2, 0) is 0 Å². The van der Waals surface area contributed by atoms with Gasteiger partial charge in [0.05, 0.1) is 4.83 Å². The fourth-order valence-electron chi connectivity index (χ4n) is 2.37. The van der Waals surface area contributed by atoms with Crippen molar-refractivity contribution in [1.29, 1.82) is 0 Å². The minimum Gasteiger partial charge on any atom is -0.486 e. The average Bonchev–Trinajstić information content (AvgIpc) is 2.39. The molecule has 1 unspecified atom stereocenters. The summed E-state index contributed by atoms with van der Waals surface area (Å²) in [6.45, 7) is 6.19. The molecule has 0 N–H and O–H groups in total. The Morgan fingerprint density at radius 3 is 2.65 bits per heavy atom. The molecule has 2 heterocycles. The third-order valence-corrected chi connectivity index (χ3v) is 4.97. The van der Waals surface area contributed by atoms with Gasteiger partial charge < -0.3 is 4.74 Å². The Labute approximate surface area is 128 Å². The van der Waals surface area contributed by atoms with Crippen LogP contribution in [0.2, 0.25) is 0 Å². The number of hydrogen-bond acceptors (Lipinski definition) is 2. The predicted molar refractivity (Wildman–Crippen MR) is 85.2 cm³/mol. The van der Waals surface area contributed by atoms with Gasteiger partial charge >= 0.3 is 0 Å². The van der Waals surface area contributed by atoms with Crippen LogP contribution in [0, 0.1) is 13.3 Å². The van der Waals surface area contributed by atoms with Gasteiger partial charge in [-0.25, -0.2) is 0 Å². The number of fused-ring (bicyclic) bond motifs is 1. The second-order valence-corrected chi connectivity index (χ2v) is 6.70. The van der Waals surface area contributed by atoms with Crippen molar-refractivity contribution in [2.75, 3.05) is 0 Å². The summed E-state index contributed by atoms with van der Waals surface area (Å²) in [4.78, 5) is 4.45. The predicted octanol–water partition coefficient (Wildman–Crippen LogP) is 4.54. The number of aromatic nitrogens is 1. The minimum atomic E-state index is -0.220. The summed E-state index contributed by atoms with van der Waals surface area (Å²) < 4.78 is 6.06. The average molecular weight is 331 g/mol. The lowest BCUT2D eigenvalue weighted by Crippen LogP contribution is -2.41. The molecule has 1 aromatic carbocycles. The molecule has 1 aliphatic rings. The Hall–Kier alpha value is -1.35. The standard InChI is InChI=1S/C17H17BrNO/c1-11-8-13(6-7-19-11)12-4-5-15-14(9-12)10-16(18)17(2,3)20-15/h4-10,16H,1-3H3. The van der Waals surface area contributed by atoms with E-state index in [1.807, 2.05) is 19.2 Å². The third kappa shape index (κ3) is 2.47. The normalized spacial score (nSPS) is 20.1. The van der Waals surface area contributed by atoms with Crippen molar-refractivity contribution < 1.29 is 4.74 Å². The van der Waals surface area contributed by atoms with Gasteiger partial charge in [-0.3, -0.25) is 4.98 Å². The second-order valence-electron chi connectivity index (χ2n) is 5.71. The summed E-state index contributed by atoms with van der Waals surface area (Å²) in [5.74, 6) is 0.945. The van der Waals surface area contributed by atoms with Crippen LogP contribution in [0.1, 0.15) is 25.1 Å². The monoisotopic (exact) mass is 330 g/mol. The first-order valence-electron chi connectivity index (χ1n) is 6.71. The number of hydrogen-bond donors (Lipinski definition) is 0. The Kier molecular flexibility index (Phi) is 3.33. The molecule has 1 radical (unpaired) electrons. The summed E-state index contributed by atoms with van der Waals surface area (Å²) in [7, 11) is 0. The topological polar surface area (TPSA) is 22.1 Å². The van der Waals surface area contributed by atoms with Crippen LogP contribution < -0.4 is 4.74 Å². The van der Waals surface area contributed by atoms with E-state index in [0.29, 0.717) is 0 Å². The number of pyridine rings is 1. The molecule has 0 spiro atoms. The van der Waals surface area contributed by atoms with Gasteiger partial charge in [-0.1, -0.05) is 22.0 Å². The number of ether oxygens (including phenoxy) is 1. The van der Waals surface area contributed by atoms with Crippen LogP contribution in [0.15, 0.2) is 36.5 Å². The first kappa shape index (κ1) is 13.6. The fraction of sp³-hybridized carbons (Fsp3) is 0.294. The smallest absolute Gasteiger partial charge is 0.123 e. The molecule has 0 bridgehead atoms. The van der Waals surface area contributed by atoms with E-state index in [2.05, 4.69) is 65.4 Å². The molecule has 3 heteroatoms. The Morgan fingerprint density at radius 1 is 1.15 bits per heavy atom. The summed E-state index contributed by atoms with van der Waals surface area (Å²) in [5.41, 5.74) is 4.32. The van der Waals surface area contributed by atoms with Crippen LogP contribution in [0.25, 0.3) is 11.1 Å². The van der Waals surface area contributed by atoms with Gasteiger partial charge in [-0.05, 0) is 61.7 Å². The molecule has 0 fully saturated rings. The lowest BCUT2D eigenvalue weighted by atomic mass is 9.92. The van der Waals surface area contributed by atoms with Crippen molar-refractivity contribution in [3.63, 3.8) is 0 Å². The van der Waals surface area contributed by atoms with Gasteiger partial charge in [-0.15, -0.1) is 0 Å². The highest BCUT2D eigenvalue weighted by Gasteiger charge is 2.35. The number of alkyl halides is 1. The van der Waals surface area contributed by atoms with Crippen molar-refractivity contribution in [3.8, 4) is 16.9 Å². The lowest BCUT2D eigenvalue weighted by molar-refractivity contribution is 0.107. The molecule has 1 aliphatic heterocycles. The lowest BCUT2D eigenvalue weighted by Gasteiger charge is -2.37. The van der Waals surface area contributed by atoms with Gasteiger partial charge in [0.1, 0.15) is 11.4 Å². The van der Waals surface area contributed by atoms with Gasteiger partial charge in [0.2, 0.25) is 0 Å². The maximum absolute atomic E-state index is 6.06. The van der Waals surface area contributed by atoms with Crippen LogP contribution in [-0.4, -0.2) is 15.4 Å². The van der Waals surface area contributed by atoms with Gasteiger partial charge in [0.25, 0.3) is 0 Å². The first-order valence-corrected chi connectivity index (χ1v) is 7.62. The highest BCUT2D eigenvalue weighted by Crippen LogP contribution is 2.39. The van der Waals surface area contributed by atoms with Crippen LogP contribution in [0.5, 0.6) is 5.75 Å². The number of rotatable bonds is 1. The number of nitrogens with zero attached hydrogens (tertiary/aromatic N) is 1. The van der Waals surface area contributed by atoms with E-state index in [1.165, 1.54) is 11.1 Å². The molecule has 0 saturated carbocycles. The van der Waals surface area contributed by atoms with E-state index in [9.17, 15) is 0 Å². The van der Waals surface area contributed by atoms with Crippen molar-refractivity contribution >= 4 is 15.9 Å². The molecule has 2 nitrogen and oxygen atoms in total. The first-order chi connectivity index (χ1) is 9.45. The Balaban J connectivity index is 2.01. The maximum Gasteiger partial charge on any atom is 0.123 e. The highest BCUT2D eigenvalue weighted by atomic mass is 79.9. The molecule has 1 aromatic heterocycles. The van der Waals surface area contributed by atoms with E-state index in [-0.39, 0.29) is 10.4 Å². The molecule has 3 rings (SSSR count). The van der Waals surface area contributed by atoms with Crippen LogP contribution in [0.3, 0.4) is 0 Å². The van der Waals surface area contributed by atoms with Crippen LogP contribution >= 0.6 is 15.9 Å². The van der Waals surface area contributed by atoms with E-state index >= 15 is 0 Å². The largest absolute Gasteiger partial charge is 0.486 e. The summed E-state index contributed by atoms with van der Waals surface area (Å²) in [6.07, 6.45) is 4.07. The quantitative estimate of drug-likeness (QED) is 0.716. The molecule has 1 atom stereocenters. The zero-order chi connectivity index (χ0) is 14.3. The Morgan fingerprint density at radius 2 is 1.90 bits per heavy atom. The van der Waals surface area contributed by atoms with E-state index in [4.69, 9.17) is 4.74 Å². The van der Waals surface area contributed by atoms with E-state index < -0.39 is 0 Å². The van der Waals surface area contributed by atoms with Gasteiger partial charge in [0.15, 0.2) is 0 Å². The molecule has 0 amide bonds. The van der Waals surface area contributed by atoms with Crippen molar-refractivity contribution in [2.24, 2.45) is 0 Å². The fourth-order valence-corrected chi connectivity index (χ4v) is 2.75. The summed E-state index contributed by atoms with van der Waals surface area (Å²) in [5, 5.41) is 0. The zero-order valence-corrected chi connectivity index (χ0v) is 13.4. The summed E-state index contributed by atoms with van der Waals surface area (Å²) >= 11 is 3.68. The molecular formula is C17H17BrNO. The summed E-state index contributed by atoms with van der Waals surface area (Å²) in [6, 6.07) is 10.5. The minimum absolute atomic E-state index is 0.205. The van der Waals surface area contributed by atoms with Crippen LogP contribution in [0.4, 0.5) is 0 Å². The molecule has 103 valence electrons. The van der Waals surface area contributed by atoms with Crippen molar-refractivity contribution in [1.82, 2.24) is 4.98 Å². The molecular weight excluding hydrogens is 314 g/mol.